The first-order chi connectivity index (χ1) is 13.7. The molecule has 0 amide bonds. The molecule has 0 aliphatic heterocycles. The lowest BCUT2D eigenvalue weighted by Gasteiger charge is -2.03. The lowest BCUT2D eigenvalue weighted by atomic mass is 10.0. The van der Waals surface area contributed by atoms with Gasteiger partial charge in [0.25, 0.3) is 0 Å². The molecule has 1 aromatic heterocycles. The average molecular weight is 427 g/mol. The van der Waals surface area contributed by atoms with E-state index in [0.29, 0.717) is 0 Å². The van der Waals surface area contributed by atoms with Crippen molar-refractivity contribution in [2.75, 3.05) is 6.61 Å². The monoisotopic (exact) mass is 426 g/mol. The highest BCUT2D eigenvalue weighted by Crippen LogP contribution is 2.14. The number of hydrogen-bond acceptors (Lipinski definition) is 3. The zero-order valence-corrected chi connectivity index (χ0v) is 19.9. The molecule has 1 rings (SSSR count). The highest BCUT2D eigenvalue weighted by atomic mass is 32.1. The molecule has 0 saturated carbocycles. The number of thiazole rings is 1. The van der Waals surface area contributed by atoms with E-state index in [9.17, 15) is 0 Å². The Hall–Kier alpha value is -0.610. The molecule has 0 aromatic carbocycles. The maximum absolute atomic E-state index is 9.06. The van der Waals surface area contributed by atoms with Crippen LogP contribution in [-0.4, -0.2) is 16.9 Å². The van der Waals surface area contributed by atoms with Crippen molar-refractivity contribution in [3.63, 3.8) is 0 Å². The topological polar surface area (TPSA) is 46.4 Å². The molecule has 1 aromatic rings. The van der Waals surface area contributed by atoms with Gasteiger partial charge in [-0.25, -0.2) is 0 Å². The van der Waals surface area contributed by atoms with Crippen LogP contribution in [0.1, 0.15) is 107 Å². The normalized spacial score (nSPS) is 10.4. The Bertz CT molecular complexity index is 497. The van der Waals surface area contributed by atoms with E-state index in [0.717, 1.165) is 13.0 Å². The summed E-state index contributed by atoms with van der Waals surface area (Å²) in [6, 6.07) is 0. The molecule has 0 spiro atoms. The maximum Gasteiger partial charge on any atom is 0.225 e. The van der Waals surface area contributed by atoms with Crippen molar-refractivity contribution in [3.8, 4) is 0 Å². The molecule has 0 atom stereocenters. The number of aryl methyl sites for hydroxylation is 1. The summed E-state index contributed by atoms with van der Waals surface area (Å²) >= 11 is 5.49. The van der Waals surface area contributed by atoms with Crippen LogP contribution in [-0.2, 0) is 13.0 Å². The van der Waals surface area contributed by atoms with Crippen molar-refractivity contribution >= 4 is 28.7 Å². The number of thiocarbonyl (C=S) groups is 1. The molecule has 1 heterocycles. The van der Waals surface area contributed by atoms with E-state index in [1.165, 1.54) is 106 Å². The zero-order chi connectivity index (χ0) is 20.9. The van der Waals surface area contributed by atoms with Gasteiger partial charge in [-0.05, 0) is 6.42 Å². The van der Waals surface area contributed by atoms with Gasteiger partial charge in [-0.15, -0.1) is 0 Å². The van der Waals surface area contributed by atoms with E-state index in [4.69, 9.17) is 10.5 Å². The van der Waals surface area contributed by atoms with Crippen molar-refractivity contribution in [1.82, 2.24) is 0 Å². The predicted octanol–water partition coefficient (Wildman–Crippen LogP) is 7.02. The Morgan fingerprint density at radius 1 is 0.929 bits per heavy atom. The maximum atomic E-state index is 9.06. The molecular weight excluding hydrogens is 384 g/mol. The van der Waals surface area contributed by atoms with Crippen LogP contribution in [0.4, 0.5) is 0 Å². The number of aliphatic hydroxyl groups is 1. The quantitative estimate of drug-likeness (QED) is 0.126. The number of aliphatic hydroxyl groups excluding tert-OH is 1. The number of aromatic nitrogens is 1. The summed E-state index contributed by atoms with van der Waals surface area (Å²) in [5.41, 5.74) is 3.58. The molecule has 0 aliphatic carbocycles. The Balaban J connectivity index is 0.00000227. The van der Waals surface area contributed by atoms with E-state index in [1.54, 1.807) is 11.3 Å². The predicted molar refractivity (Wildman–Crippen MR) is 126 cm³/mol. The number of unbranched alkanes of at least 4 members (excludes halogenated alkanes) is 13. The second-order valence-corrected chi connectivity index (χ2v) is 8.71. The summed E-state index contributed by atoms with van der Waals surface area (Å²) in [7, 11) is 0. The molecule has 0 unspecified atom stereocenters. The lowest BCUT2D eigenvalue weighted by Crippen LogP contribution is -2.34. The van der Waals surface area contributed by atoms with Crippen molar-refractivity contribution in [2.45, 2.75) is 117 Å². The molecular formula is C23H42N2OS2. The molecule has 3 nitrogen and oxygen atoms in total. The Morgan fingerprint density at radius 2 is 1.36 bits per heavy atom. The SMILES string of the molecule is CCCCCCCCCCCCCCCC[n+]1csc(CCO)c1C.[N-]=C=S. The fourth-order valence-corrected chi connectivity index (χ4v) is 4.51. The molecule has 1 N–H and O–H groups in total. The minimum Gasteiger partial charge on any atom is -0.753 e. The smallest absolute Gasteiger partial charge is 0.225 e. The number of isothiocyanates is 1. The number of hydrogen-bond donors (Lipinski definition) is 1. The fraction of sp³-hybridized carbons (Fsp3) is 0.826. The molecule has 0 fully saturated rings. The molecule has 162 valence electrons. The van der Waals surface area contributed by atoms with E-state index >= 15 is 0 Å². The molecule has 0 bridgehead atoms. The van der Waals surface area contributed by atoms with E-state index in [-0.39, 0.29) is 6.61 Å². The van der Waals surface area contributed by atoms with Crippen LogP contribution in [0.3, 0.4) is 0 Å². The van der Waals surface area contributed by atoms with Gasteiger partial charge in [-0.1, -0.05) is 108 Å². The van der Waals surface area contributed by atoms with Gasteiger partial charge in [0, 0.05) is 26.4 Å². The molecule has 0 aliphatic rings. The average Bonchev–Trinajstić information content (AvgIpc) is 3.03. The minimum atomic E-state index is 0.264. The van der Waals surface area contributed by atoms with Crippen LogP contribution in [0, 0.1) is 6.92 Å². The first kappa shape index (κ1) is 27.4. The van der Waals surface area contributed by atoms with Crippen molar-refractivity contribution in [2.24, 2.45) is 0 Å². The van der Waals surface area contributed by atoms with Gasteiger partial charge in [0.05, 0.1) is 4.88 Å². The van der Waals surface area contributed by atoms with Gasteiger partial charge in [0.1, 0.15) is 6.54 Å². The van der Waals surface area contributed by atoms with Crippen LogP contribution in [0.15, 0.2) is 5.51 Å². The van der Waals surface area contributed by atoms with Crippen molar-refractivity contribution in [1.29, 1.82) is 0 Å². The van der Waals surface area contributed by atoms with Crippen LogP contribution < -0.4 is 4.57 Å². The highest BCUT2D eigenvalue weighted by Gasteiger charge is 2.13. The summed E-state index contributed by atoms with van der Waals surface area (Å²) in [5.74, 6) is 0. The lowest BCUT2D eigenvalue weighted by molar-refractivity contribution is -0.698. The van der Waals surface area contributed by atoms with E-state index < -0.39 is 0 Å². The van der Waals surface area contributed by atoms with Crippen molar-refractivity contribution < 1.29 is 9.67 Å². The van der Waals surface area contributed by atoms with Gasteiger partial charge in [-0.2, -0.15) is 9.73 Å². The summed E-state index contributed by atoms with van der Waals surface area (Å²) in [6.07, 6.45) is 20.6. The summed E-state index contributed by atoms with van der Waals surface area (Å²) < 4.78 is 2.37. The van der Waals surface area contributed by atoms with Gasteiger partial charge in [0.2, 0.25) is 5.51 Å². The van der Waals surface area contributed by atoms with Crippen LogP contribution >= 0.6 is 23.6 Å². The standard InChI is InChI=1S/C22H42NOS.CNS/c1-3-4-5-6-7-8-9-10-11-12-13-14-15-16-18-23-20-25-22(17-19-24)21(23)2;2-1-3/h20,24H,3-19H2,1-2H3;/q+1;-1. The Kier molecular flexibility index (Phi) is 20.6. The highest BCUT2D eigenvalue weighted by molar-refractivity contribution is 7.78. The first-order valence-corrected chi connectivity index (χ1v) is 12.6. The Labute approximate surface area is 183 Å². The summed E-state index contributed by atoms with van der Waals surface area (Å²) in [5, 5.41) is 17.5. The molecule has 28 heavy (non-hydrogen) atoms. The van der Waals surface area contributed by atoms with Gasteiger partial charge < -0.3 is 10.5 Å². The number of nitrogens with zero attached hydrogens (tertiary/aromatic N) is 2. The Morgan fingerprint density at radius 3 is 1.79 bits per heavy atom. The van der Waals surface area contributed by atoms with Crippen molar-refractivity contribution in [3.05, 3.63) is 21.5 Å². The van der Waals surface area contributed by atoms with Crippen LogP contribution in [0.2, 0.25) is 0 Å². The largest absolute Gasteiger partial charge is 0.753 e. The summed E-state index contributed by atoms with van der Waals surface area (Å²) in [4.78, 5) is 1.34. The third kappa shape index (κ3) is 15.3. The minimum absolute atomic E-state index is 0.264. The first-order valence-electron chi connectivity index (χ1n) is 11.3. The molecule has 5 heteroatoms. The molecule has 0 saturated heterocycles. The van der Waals surface area contributed by atoms with Crippen LogP contribution in [0.5, 0.6) is 0 Å². The molecule has 0 radical (unpaired) electrons. The summed E-state index contributed by atoms with van der Waals surface area (Å²) in [6.45, 7) is 5.88. The van der Waals surface area contributed by atoms with Gasteiger partial charge in [-0.3, -0.25) is 0 Å². The van der Waals surface area contributed by atoms with E-state index in [2.05, 4.69) is 36.1 Å². The van der Waals surface area contributed by atoms with Gasteiger partial charge >= 0.3 is 0 Å². The van der Waals surface area contributed by atoms with Crippen LogP contribution in [0.25, 0.3) is 5.41 Å². The second-order valence-electron chi connectivity index (χ2n) is 7.59. The fourth-order valence-electron chi connectivity index (χ4n) is 3.49. The third-order valence-corrected chi connectivity index (χ3v) is 6.39. The van der Waals surface area contributed by atoms with Gasteiger partial charge in [0.15, 0.2) is 5.69 Å². The third-order valence-electron chi connectivity index (χ3n) is 5.25. The number of rotatable bonds is 17. The zero-order valence-electron chi connectivity index (χ0n) is 18.3. The van der Waals surface area contributed by atoms with E-state index in [1.807, 2.05) is 0 Å². The second kappa shape index (κ2) is 21.1.